The number of esters is 1. The van der Waals surface area contributed by atoms with Gasteiger partial charge in [-0.05, 0) is 42.7 Å². The first kappa shape index (κ1) is 13.3. The third-order valence-corrected chi connectivity index (χ3v) is 5.78. The summed E-state index contributed by atoms with van der Waals surface area (Å²) in [6, 6.07) is 8.28. The van der Waals surface area contributed by atoms with Crippen molar-refractivity contribution in [3.05, 3.63) is 34.7 Å². The van der Waals surface area contributed by atoms with Gasteiger partial charge in [0.2, 0.25) is 0 Å². The predicted molar refractivity (Wildman–Crippen MR) is 84.5 cm³/mol. The van der Waals surface area contributed by atoms with Crippen LogP contribution in [0.15, 0.2) is 24.3 Å². The molecule has 2 aromatic rings. The third-order valence-electron chi connectivity index (χ3n) is 4.57. The highest BCUT2D eigenvalue weighted by Crippen LogP contribution is 2.34. The summed E-state index contributed by atoms with van der Waals surface area (Å²) in [6.07, 6.45) is 5.35. The van der Waals surface area contributed by atoms with Gasteiger partial charge in [0, 0.05) is 22.5 Å². The topological polar surface area (TPSA) is 38.3 Å². The zero-order valence-corrected chi connectivity index (χ0v) is 12.7. The summed E-state index contributed by atoms with van der Waals surface area (Å²) in [5.74, 6) is -0.0668. The average Bonchev–Trinajstić information content (AvgIpc) is 3.13. The fourth-order valence-corrected chi connectivity index (χ4v) is 4.61. The summed E-state index contributed by atoms with van der Waals surface area (Å²) in [5, 5.41) is 4.65. The molecule has 1 atom stereocenters. The van der Waals surface area contributed by atoms with Gasteiger partial charge in [0.1, 0.15) is 12.1 Å². The molecule has 1 aromatic heterocycles. The van der Waals surface area contributed by atoms with Crippen LogP contribution in [-0.2, 0) is 22.5 Å². The van der Waals surface area contributed by atoms with E-state index in [0.717, 1.165) is 25.8 Å². The van der Waals surface area contributed by atoms with E-state index in [1.165, 1.54) is 33.4 Å². The Hall–Kier alpha value is -1.39. The zero-order chi connectivity index (χ0) is 14.2. The van der Waals surface area contributed by atoms with Gasteiger partial charge >= 0.3 is 5.97 Å². The van der Waals surface area contributed by atoms with Crippen LogP contribution in [0.4, 0.5) is 0 Å². The Bertz CT molecular complexity index is 672. The second-order valence-corrected chi connectivity index (χ2v) is 7.12. The van der Waals surface area contributed by atoms with Crippen LogP contribution >= 0.6 is 11.3 Å². The lowest BCUT2D eigenvalue weighted by Crippen LogP contribution is -2.43. The smallest absolute Gasteiger partial charge is 0.323 e. The molecule has 4 heteroatoms. The van der Waals surface area contributed by atoms with Gasteiger partial charge in [-0.3, -0.25) is 10.1 Å². The van der Waals surface area contributed by atoms with Crippen LogP contribution in [0.2, 0.25) is 0 Å². The van der Waals surface area contributed by atoms with E-state index in [1.807, 2.05) is 11.3 Å². The van der Waals surface area contributed by atoms with E-state index in [4.69, 9.17) is 4.74 Å². The van der Waals surface area contributed by atoms with Crippen molar-refractivity contribution in [3.63, 3.8) is 0 Å². The van der Waals surface area contributed by atoms with Crippen LogP contribution in [0.1, 0.15) is 36.1 Å². The lowest BCUT2D eigenvalue weighted by atomic mass is 9.99. The predicted octanol–water partition coefficient (Wildman–Crippen LogP) is 3.40. The molecule has 1 N–H and O–H groups in total. The molecule has 1 saturated carbocycles. The van der Waals surface area contributed by atoms with Gasteiger partial charge in [-0.1, -0.05) is 18.2 Å². The molecule has 0 spiro atoms. The Morgan fingerprint density at radius 3 is 2.90 bits per heavy atom. The first-order valence-electron chi connectivity index (χ1n) is 7.74. The number of fused-ring (bicyclic) bond motifs is 3. The van der Waals surface area contributed by atoms with E-state index in [9.17, 15) is 4.79 Å². The highest BCUT2D eigenvalue weighted by Gasteiger charge is 2.30. The molecule has 1 fully saturated rings. The lowest BCUT2D eigenvalue weighted by Gasteiger charge is -2.24. The number of thiophene rings is 1. The third kappa shape index (κ3) is 2.47. The van der Waals surface area contributed by atoms with Crippen molar-refractivity contribution < 1.29 is 9.53 Å². The van der Waals surface area contributed by atoms with Crippen molar-refractivity contribution in [3.8, 4) is 0 Å². The van der Waals surface area contributed by atoms with Gasteiger partial charge in [0.15, 0.2) is 0 Å². The molecular formula is C17H19NO2S. The summed E-state index contributed by atoms with van der Waals surface area (Å²) < 4.78 is 6.97. The number of ether oxygens (including phenoxy) is 1. The molecule has 110 valence electrons. The van der Waals surface area contributed by atoms with Gasteiger partial charge < -0.3 is 4.74 Å². The van der Waals surface area contributed by atoms with E-state index in [-0.39, 0.29) is 18.1 Å². The summed E-state index contributed by atoms with van der Waals surface area (Å²) >= 11 is 1.83. The van der Waals surface area contributed by atoms with Gasteiger partial charge in [0.05, 0.1) is 0 Å². The minimum atomic E-state index is -0.184. The van der Waals surface area contributed by atoms with E-state index < -0.39 is 0 Å². The van der Waals surface area contributed by atoms with E-state index >= 15 is 0 Å². The van der Waals surface area contributed by atoms with Crippen molar-refractivity contribution in [2.24, 2.45) is 0 Å². The molecular weight excluding hydrogens is 282 g/mol. The Labute approximate surface area is 128 Å². The molecule has 1 aromatic carbocycles. The van der Waals surface area contributed by atoms with Gasteiger partial charge in [0.25, 0.3) is 0 Å². The number of rotatable bonds is 2. The number of benzene rings is 1. The zero-order valence-electron chi connectivity index (χ0n) is 11.9. The second-order valence-electron chi connectivity index (χ2n) is 5.98. The maximum Gasteiger partial charge on any atom is 0.323 e. The van der Waals surface area contributed by atoms with Crippen LogP contribution in [0.3, 0.4) is 0 Å². The standard InChI is InChI=1S/C17H19NO2S/c19-17(20-11-5-1-2-6-11)14-9-13-12-7-3-4-8-15(12)21-16(13)10-18-14/h3-4,7-8,11,14,18H,1-2,5-6,9-10H2/t14-/m1/s1. The summed E-state index contributed by atoms with van der Waals surface area (Å²) in [6.45, 7) is 0.777. The van der Waals surface area contributed by atoms with Crippen molar-refractivity contribution in [2.45, 2.75) is 50.8 Å². The molecule has 1 aliphatic heterocycles. The molecule has 2 heterocycles. The van der Waals surface area contributed by atoms with Crippen LogP contribution in [0.5, 0.6) is 0 Å². The number of nitrogens with one attached hydrogen (secondary N) is 1. The van der Waals surface area contributed by atoms with Gasteiger partial charge in [-0.15, -0.1) is 11.3 Å². The monoisotopic (exact) mass is 301 g/mol. The highest BCUT2D eigenvalue weighted by molar-refractivity contribution is 7.19. The summed E-state index contributed by atoms with van der Waals surface area (Å²) in [7, 11) is 0. The van der Waals surface area contributed by atoms with Crippen LogP contribution in [0, 0.1) is 0 Å². The molecule has 0 bridgehead atoms. The molecule has 0 saturated heterocycles. The number of carbonyl (C=O) groups is 1. The van der Waals surface area contributed by atoms with E-state index in [1.54, 1.807) is 0 Å². The molecule has 21 heavy (non-hydrogen) atoms. The fourth-order valence-electron chi connectivity index (χ4n) is 3.43. The quantitative estimate of drug-likeness (QED) is 0.864. The Morgan fingerprint density at radius 1 is 1.24 bits per heavy atom. The Morgan fingerprint density at radius 2 is 2.05 bits per heavy atom. The van der Waals surface area contributed by atoms with Crippen molar-refractivity contribution in [1.82, 2.24) is 5.32 Å². The number of hydrogen-bond donors (Lipinski definition) is 1. The maximum atomic E-state index is 12.3. The van der Waals surface area contributed by atoms with Gasteiger partial charge in [-0.25, -0.2) is 0 Å². The van der Waals surface area contributed by atoms with E-state index in [0.29, 0.717) is 0 Å². The lowest BCUT2D eigenvalue weighted by molar-refractivity contribution is -0.151. The largest absolute Gasteiger partial charge is 0.461 e. The van der Waals surface area contributed by atoms with Crippen molar-refractivity contribution in [1.29, 1.82) is 0 Å². The van der Waals surface area contributed by atoms with Crippen LogP contribution in [-0.4, -0.2) is 18.1 Å². The van der Waals surface area contributed by atoms with Crippen LogP contribution < -0.4 is 5.32 Å². The molecule has 4 rings (SSSR count). The van der Waals surface area contributed by atoms with Crippen molar-refractivity contribution >= 4 is 27.4 Å². The Kier molecular flexibility index (Phi) is 3.43. The highest BCUT2D eigenvalue weighted by atomic mass is 32.1. The first-order chi connectivity index (χ1) is 10.3. The van der Waals surface area contributed by atoms with E-state index in [2.05, 4.69) is 29.6 Å². The van der Waals surface area contributed by atoms with Crippen molar-refractivity contribution in [2.75, 3.05) is 0 Å². The molecule has 0 amide bonds. The fraction of sp³-hybridized carbons (Fsp3) is 0.471. The number of hydrogen-bond acceptors (Lipinski definition) is 4. The molecule has 0 radical (unpaired) electrons. The summed E-state index contributed by atoms with van der Waals surface area (Å²) in [4.78, 5) is 13.7. The number of carbonyl (C=O) groups excluding carboxylic acids is 1. The minimum absolute atomic E-state index is 0.0668. The SMILES string of the molecule is O=C(OC1CCCC1)[C@H]1Cc2c(sc3ccccc23)CN1. The summed E-state index contributed by atoms with van der Waals surface area (Å²) in [5.41, 5.74) is 1.34. The second kappa shape index (κ2) is 5.43. The molecule has 3 nitrogen and oxygen atoms in total. The molecule has 1 aliphatic carbocycles. The first-order valence-corrected chi connectivity index (χ1v) is 8.56. The molecule has 2 aliphatic rings. The van der Waals surface area contributed by atoms with Crippen LogP contribution in [0.25, 0.3) is 10.1 Å². The maximum absolute atomic E-state index is 12.3. The normalized spacial score (nSPS) is 22.4. The average molecular weight is 301 g/mol. The van der Waals surface area contributed by atoms with Gasteiger partial charge in [-0.2, -0.15) is 0 Å². The molecule has 0 unspecified atom stereocenters. The Balaban J connectivity index is 1.54. The minimum Gasteiger partial charge on any atom is -0.461 e.